The summed E-state index contributed by atoms with van der Waals surface area (Å²) in [6.45, 7) is 1.51. The summed E-state index contributed by atoms with van der Waals surface area (Å²) in [6, 6.07) is 0. The molecule has 3 nitrogen and oxygen atoms in total. The van der Waals surface area contributed by atoms with E-state index in [0.29, 0.717) is 13.2 Å². The highest BCUT2D eigenvalue weighted by molar-refractivity contribution is 4.94. The van der Waals surface area contributed by atoms with Gasteiger partial charge in [-0.15, -0.1) is 0 Å². The standard InChI is InChI=1S/C13H25NO2/c14-10-13(16-8-2-7-15)6-1-3-12(9-13)11-4-5-11/h11-12,15H,1-10,14H2. The Labute approximate surface area is 98.4 Å². The zero-order valence-electron chi connectivity index (χ0n) is 10.2. The van der Waals surface area contributed by atoms with Crippen LogP contribution in [0.4, 0.5) is 0 Å². The lowest BCUT2D eigenvalue weighted by molar-refractivity contribution is -0.0815. The molecule has 16 heavy (non-hydrogen) atoms. The summed E-state index contributed by atoms with van der Waals surface area (Å²) in [5.41, 5.74) is 5.85. The minimum atomic E-state index is -0.0688. The van der Waals surface area contributed by atoms with E-state index in [0.717, 1.165) is 31.1 Å². The van der Waals surface area contributed by atoms with E-state index in [2.05, 4.69) is 0 Å². The van der Waals surface area contributed by atoms with Crippen LogP contribution >= 0.6 is 0 Å². The zero-order valence-corrected chi connectivity index (χ0v) is 10.2. The molecular weight excluding hydrogens is 202 g/mol. The summed E-state index contributed by atoms with van der Waals surface area (Å²) < 4.78 is 5.98. The lowest BCUT2D eigenvalue weighted by Crippen LogP contribution is -2.45. The van der Waals surface area contributed by atoms with Crippen LogP contribution in [0.1, 0.15) is 44.9 Å². The third-order valence-corrected chi connectivity index (χ3v) is 4.21. The average Bonchev–Trinajstić information content (AvgIpc) is 3.14. The van der Waals surface area contributed by atoms with E-state index in [1.165, 1.54) is 25.7 Å². The zero-order chi connectivity index (χ0) is 11.4. The highest BCUT2D eigenvalue weighted by Gasteiger charge is 2.41. The monoisotopic (exact) mass is 227 g/mol. The van der Waals surface area contributed by atoms with Gasteiger partial charge in [-0.25, -0.2) is 0 Å². The molecule has 2 unspecified atom stereocenters. The number of aliphatic hydroxyl groups excluding tert-OH is 1. The van der Waals surface area contributed by atoms with Gasteiger partial charge >= 0.3 is 0 Å². The van der Waals surface area contributed by atoms with Crippen molar-refractivity contribution < 1.29 is 9.84 Å². The van der Waals surface area contributed by atoms with Crippen LogP contribution in [0.25, 0.3) is 0 Å². The molecule has 0 heterocycles. The molecular formula is C13H25NO2. The van der Waals surface area contributed by atoms with Crippen LogP contribution in [0.15, 0.2) is 0 Å². The van der Waals surface area contributed by atoms with Crippen molar-refractivity contribution in [1.82, 2.24) is 0 Å². The minimum Gasteiger partial charge on any atom is -0.396 e. The molecule has 3 heteroatoms. The maximum Gasteiger partial charge on any atom is 0.0806 e. The molecule has 2 fully saturated rings. The van der Waals surface area contributed by atoms with Crippen molar-refractivity contribution >= 4 is 0 Å². The van der Waals surface area contributed by atoms with Crippen molar-refractivity contribution in [3.8, 4) is 0 Å². The van der Waals surface area contributed by atoms with E-state index in [1.807, 2.05) is 0 Å². The minimum absolute atomic E-state index is 0.0688. The molecule has 94 valence electrons. The molecule has 2 aliphatic carbocycles. The first-order chi connectivity index (χ1) is 7.79. The molecule has 2 rings (SSSR count). The van der Waals surface area contributed by atoms with Gasteiger partial charge in [-0.05, 0) is 50.4 Å². The number of nitrogens with two attached hydrogens (primary N) is 1. The highest BCUT2D eigenvalue weighted by Crippen LogP contribution is 2.47. The molecule has 3 N–H and O–H groups in total. The van der Waals surface area contributed by atoms with E-state index >= 15 is 0 Å². The molecule has 0 spiro atoms. The Morgan fingerprint density at radius 3 is 2.69 bits per heavy atom. The molecule has 0 aromatic rings. The van der Waals surface area contributed by atoms with Gasteiger partial charge in [0.15, 0.2) is 0 Å². The average molecular weight is 227 g/mol. The number of hydrogen-bond acceptors (Lipinski definition) is 3. The maximum absolute atomic E-state index is 8.79. The summed E-state index contributed by atoms with van der Waals surface area (Å²) in [5, 5.41) is 8.79. The van der Waals surface area contributed by atoms with Crippen LogP contribution < -0.4 is 5.73 Å². The van der Waals surface area contributed by atoms with Crippen molar-refractivity contribution in [2.75, 3.05) is 19.8 Å². The van der Waals surface area contributed by atoms with Gasteiger partial charge in [0, 0.05) is 19.8 Å². The molecule has 0 aliphatic heterocycles. The van der Waals surface area contributed by atoms with Gasteiger partial charge in [0.2, 0.25) is 0 Å². The summed E-state index contributed by atoms with van der Waals surface area (Å²) >= 11 is 0. The Morgan fingerprint density at radius 1 is 1.25 bits per heavy atom. The van der Waals surface area contributed by atoms with Crippen molar-refractivity contribution in [1.29, 1.82) is 0 Å². The van der Waals surface area contributed by atoms with Crippen LogP contribution in [0, 0.1) is 11.8 Å². The van der Waals surface area contributed by atoms with Gasteiger partial charge in [0.1, 0.15) is 0 Å². The second kappa shape index (κ2) is 5.48. The molecule has 0 saturated heterocycles. The number of ether oxygens (including phenoxy) is 1. The van der Waals surface area contributed by atoms with Crippen LogP contribution in [-0.4, -0.2) is 30.5 Å². The number of hydrogen-bond donors (Lipinski definition) is 2. The molecule has 0 aromatic heterocycles. The van der Waals surface area contributed by atoms with E-state index in [-0.39, 0.29) is 12.2 Å². The van der Waals surface area contributed by atoms with E-state index in [9.17, 15) is 0 Å². The van der Waals surface area contributed by atoms with Crippen LogP contribution in [0.2, 0.25) is 0 Å². The van der Waals surface area contributed by atoms with E-state index < -0.39 is 0 Å². The van der Waals surface area contributed by atoms with E-state index in [1.54, 1.807) is 0 Å². The Morgan fingerprint density at radius 2 is 2.06 bits per heavy atom. The molecule has 0 radical (unpaired) electrons. The fraction of sp³-hybridized carbons (Fsp3) is 1.00. The first-order valence-electron chi connectivity index (χ1n) is 6.74. The number of aliphatic hydroxyl groups is 1. The Bertz CT molecular complexity index is 218. The fourth-order valence-corrected chi connectivity index (χ4v) is 3.07. The van der Waals surface area contributed by atoms with Gasteiger partial charge in [-0.1, -0.05) is 6.42 Å². The van der Waals surface area contributed by atoms with Crippen molar-refractivity contribution in [2.45, 2.75) is 50.5 Å². The second-order valence-electron chi connectivity index (χ2n) is 5.51. The van der Waals surface area contributed by atoms with Crippen molar-refractivity contribution in [2.24, 2.45) is 17.6 Å². The smallest absolute Gasteiger partial charge is 0.0806 e. The third-order valence-electron chi connectivity index (χ3n) is 4.21. The normalized spacial score (nSPS) is 35.2. The predicted molar refractivity (Wildman–Crippen MR) is 64.1 cm³/mol. The van der Waals surface area contributed by atoms with Gasteiger partial charge in [-0.2, -0.15) is 0 Å². The first kappa shape index (κ1) is 12.3. The largest absolute Gasteiger partial charge is 0.396 e. The molecule has 0 bridgehead atoms. The predicted octanol–water partition coefficient (Wildman–Crippen LogP) is 1.68. The third kappa shape index (κ3) is 2.96. The molecule has 2 atom stereocenters. The Kier molecular flexibility index (Phi) is 4.22. The second-order valence-corrected chi connectivity index (χ2v) is 5.51. The van der Waals surface area contributed by atoms with Crippen molar-refractivity contribution in [3.05, 3.63) is 0 Å². The lowest BCUT2D eigenvalue weighted by atomic mass is 9.76. The maximum atomic E-state index is 8.79. The summed E-state index contributed by atoms with van der Waals surface area (Å²) in [5.74, 6) is 1.82. The summed E-state index contributed by atoms with van der Waals surface area (Å²) in [7, 11) is 0. The topological polar surface area (TPSA) is 55.5 Å². The molecule has 0 aromatic carbocycles. The Hall–Kier alpha value is -0.120. The Balaban J connectivity index is 1.85. The molecule has 0 amide bonds. The van der Waals surface area contributed by atoms with Crippen molar-refractivity contribution in [3.63, 3.8) is 0 Å². The van der Waals surface area contributed by atoms with Gasteiger partial charge in [-0.3, -0.25) is 0 Å². The highest BCUT2D eigenvalue weighted by atomic mass is 16.5. The van der Waals surface area contributed by atoms with Gasteiger partial charge < -0.3 is 15.6 Å². The van der Waals surface area contributed by atoms with Gasteiger partial charge in [0.25, 0.3) is 0 Å². The lowest BCUT2D eigenvalue weighted by Gasteiger charge is -2.40. The van der Waals surface area contributed by atoms with Crippen LogP contribution in [-0.2, 0) is 4.74 Å². The molecule has 2 aliphatic rings. The quantitative estimate of drug-likeness (QED) is 0.679. The summed E-state index contributed by atoms with van der Waals surface area (Å²) in [4.78, 5) is 0. The molecule has 2 saturated carbocycles. The van der Waals surface area contributed by atoms with Crippen LogP contribution in [0.5, 0.6) is 0 Å². The first-order valence-corrected chi connectivity index (χ1v) is 6.74. The van der Waals surface area contributed by atoms with E-state index in [4.69, 9.17) is 15.6 Å². The van der Waals surface area contributed by atoms with Crippen LogP contribution in [0.3, 0.4) is 0 Å². The summed E-state index contributed by atoms with van der Waals surface area (Å²) in [6.07, 6.45) is 8.46. The van der Waals surface area contributed by atoms with Gasteiger partial charge in [0.05, 0.1) is 5.60 Å². The fourth-order valence-electron chi connectivity index (χ4n) is 3.07. The number of rotatable bonds is 6. The SMILES string of the molecule is NCC1(OCCCO)CCCC(C2CC2)C1.